The maximum absolute atomic E-state index is 12.3. The Labute approximate surface area is 119 Å². The van der Waals surface area contributed by atoms with E-state index >= 15 is 0 Å². The second-order valence-corrected chi connectivity index (χ2v) is 4.24. The maximum atomic E-state index is 12.3. The van der Waals surface area contributed by atoms with E-state index < -0.39 is 0 Å². The summed E-state index contributed by atoms with van der Waals surface area (Å²) in [5.74, 6) is 6.07. The summed E-state index contributed by atoms with van der Waals surface area (Å²) < 4.78 is 4.61. The summed E-state index contributed by atoms with van der Waals surface area (Å²) in [6.45, 7) is 0.181. The average Bonchev–Trinajstić information content (AvgIpc) is 3.05. The van der Waals surface area contributed by atoms with Crippen molar-refractivity contribution in [3.8, 4) is 0 Å². The van der Waals surface area contributed by atoms with E-state index in [2.05, 4.69) is 30.4 Å². The topological polar surface area (TPSA) is 119 Å². The van der Waals surface area contributed by atoms with Crippen LogP contribution in [0.25, 0.3) is 10.8 Å². The lowest BCUT2D eigenvalue weighted by molar-refractivity contribution is 0.0951. The largest absolute Gasteiger partial charge is 0.345 e. The summed E-state index contributed by atoms with van der Waals surface area (Å²) in [6.07, 6.45) is 2.68. The molecule has 3 aromatic rings. The minimum Gasteiger partial charge on any atom is -0.345 e. The third-order valence-corrected chi connectivity index (χ3v) is 2.99. The Hall–Kier alpha value is -3.00. The predicted molar refractivity (Wildman–Crippen MR) is 75.0 cm³/mol. The van der Waals surface area contributed by atoms with Crippen molar-refractivity contribution in [2.24, 2.45) is 5.84 Å². The zero-order valence-corrected chi connectivity index (χ0v) is 10.9. The van der Waals surface area contributed by atoms with Gasteiger partial charge < -0.3 is 15.3 Å². The number of benzene rings is 1. The quantitative estimate of drug-likeness (QED) is 0.479. The van der Waals surface area contributed by atoms with Crippen molar-refractivity contribution in [3.05, 3.63) is 48.2 Å². The summed E-state index contributed by atoms with van der Waals surface area (Å²) in [7, 11) is 0. The molecule has 1 aromatic carbocycles. The number of nitrogens with one attached hydrogen (secondary N) is 2. The number of nitrogens with two attached hydrogens (primary N) is 1. The van der Waals surface area contributed by atoms with Gasteiger partial charge in [0.05, 0.1) is 12.1 Å². The third kappa shape index (κ3) is 2.51. The Morgan fingerprint density at radius 2 is 2.05 bits per heavy atom. The number of carbonyl (C=O) groups is 1. The molecule has 1 amide bonds. The van der Waals surface area contributed by atoms with Crippen LogP contribution < -0.4 is 16.6 Å². The summed E-state index contributed by atoms with van der Waals surface area (Å²) in [5, 5.41) is 7.87. The minimum absolute atomic E-state index is 0.181. The van der Waals surface area contributed by atoms with Crippen LogP contribution in [0.1, 0.15) is 16.2 Å². The molecule has 0 aliphatic heterocycles. The van der Waals surface area contributed by atoms with Crippen molar-refractivity contribution >= 4 is 22.5 Å². The number of nitrogens with zero attached hydrogens (tertiary/aromatic N) is 3. The third-order valence-electron chi connectivity index (χ3n) is 2.99. The Morgan fingerprint density at radius 3 is 2.76 bits per heavy atom. The van der Waals surface area contributed by atoms with E-state index in [1.54, 1.807) is 0 Å². The molecule has 8 heteroatoms. The van der Waals surface area contributed by atoms with Gasteiger partial charge in [-0.05, 0) is 5.39 Å². The van der Waals surface area contributed by atoms with Crippen LogP contribution in [0.3, 0.4) is 0 Å². The highest BCUT2D eigenvalue weighted by atomic mass is 16.5. The molecule has 21 heavy (non-hydrogen) atoms. The van der Waals surface area contributed by atoms with Gasteiger partial charge in [-0.3, -0.25) is 4.79 Å². The molecule has 0 aliphatic carbocycles. The fourth-order valence-corrected chi connectivity index (χ4v) is 2.01. The second-order valence-electron chi connectivity index (χ2n) is 4.24. The SMILES string of the molecule is NNc1ncc(C(=O)NCc2ncon2)c2ccccc12. The molecule has 0 saturated carbocycles. The Kier molecular flexibility index (Phi) is 3.44. The lowest BCUT2D eigenvalue weighted by Crippen LogP contribution is -2.24. The highest BCUT2D eigenvalue weighted by Gasteiger charge is 2.13. The molecule has 8 nitrogen and oxygen atoms in total. The molecule has 0 radical (unpaired) electrons. The first kappa shape index (κ1) is 13.0. The lowest BCUT2D eigenvalue weighted by atomic mass is 10.1. The van der Waals surface area contributed by atoms with Crippen molar-refractivity contribution in [1.29, 1.82) is 0 Å². The van der Waals surface area contributed by atoms with Crippen LogP contribution in [0.2, 0.25) is 0 Å². The van der Waals surface area contributed by atoms with Gasteiger partial charge >= 0.3 is 0 Å². The zero-order valence-electron chi connectivity index (χ0n) is 10.9. The van der Waals surface area contributed by atoms with Gasteiger partial charge in [-0.1, -0.05) is 29.4 Å². The number of rotatable bonds is 4. The first-order chi connectivity index (χ1) is 10.3. The van der Waals surface area contributed by atoms with Crippen molar-refractivity contribution < 1.29 is 9.32 Å². The molecular formula is C13H12N6O2. The highest BCUT2D eigenvalue weighted by Crippen LogP contribution is 2.23. The number of amides is 1. The number of nitrogen functional groups attached to an aromatic ring is 1. The van der Waals surface area contributed by atoms with Crippen molar-refractivity contribution in [1.82, 2.24) is 20.4 Å². The van der Waals surface area contributed by atoms with E-state index in [1.807, 2.05) is 24.3 Å². The minimum atomic E-state index is -0.271. The summed E-state index contributed by atoms with van der Waals surface area (Å²) in [4.78, 5) is 20.2. The molecule has 106 valence electrons. The van der Waals surface area contributed by atoms with Crippen molar-refractivity contribution in [2.75, 3.05) is 5.43 Å². The smallest absolute Gasteiger partial charge is 0.253 e. The molecule has 0 spiro atoms. The molecule has 0 unspecified atom stereocenters. The second kappa shape index (κ2) is 5.55. The number of fused-ring (bicyclic) bond motifs is 1. The number of carbonyl (C=O) groups excluding carboxylic acids is 1. The predicted octanol–water partition coefficient (Wildman–Crippen LogP) is 0.833. The zero-order chi connectivity index (χ0) is 14.7. The Morgan fingerprint density at radius 1 is 1.24 bits per heavy atom. The van der Waals surface area contributed by atoms with Crippen LogP contribution in [0.15, 0.2) is 41.4 Å². The van der Waals surface area contributed by atoms with E-state index in [9.17, 15) is 4.79 Å². The molecule has 0 aliphatic rings. The van der Waals surface area contributed by atoms with Gasteiger partial charge in [0.25, 0.3) is 5.91 Å². The van der Waals surface area contributed by atoms with Gasteiger partial charge in [-0.2, -0.15) is 4.98 Å². The van der Waals surface area contributed by atoms with Crippen molar-refractivity contribution in [2.45, 2.75) is 6.54 Å². The number of hydrogen-bond acceptors (Lipinski definition) is 7. The molecule has 0 fully saturated rings. The molecule has 2 heterocycles. The highest BCUT2D eigenvalue weighted by molar-refractivity contribution is 6.09. The van der Waals surface area contributed by atoms with Gasteiger partial charge in [0, 0.05) is 11.6 Å². The molecule has 0 atom stereocenters. The average molecular weight is 284 g/mol. The lowest BCUT2D eigenvalue weighted by Gasteiger charge is -2.09. The van der Waals surface area contributed by atoms with E-state index in [0.717, 1.165) is 10.8 Å². The van der Waals surface area contributed by atoms with Gasteiger partial charge in [0.2, 0.25) is 6.39 Å². The Balaban J connectivity index is 1.91. The molecule has 0 bridgehead atoms. The fraction of sp³-hybridized carbons (Fsp3) is 0.0769. The summed E-state index contributed by atoms with van der Waals surface area (Å²) in [6, 6.07) is 7.37. The normalized spacial score (nSPS) is 10.5. The van der Waals surface area contributed by atoms with E-state index in [1.165, 1.54) is 12.6 Å². The molecule has 0 saturated heterocycles. The van der Waals surface area contributed by atoms with Gasteiger partial charge in [0.15, 0.2) is 5.82 Å². The van der Waals surface area contributed by atoms with Gasteiger partial charge in [0.1, 0.15) is 5.82 Å². The van der Waals surface area contributed by atoms with E-state index in [4.69, 9.17) is 5.84 Å². The van der Waals surface area contributed by atoms with Crippen LogP contribution >= 0.6 is 0 Å². The van der Waals surface area contributed by atoms with Crippen LogP contribution in [0.5, 0.6) is 0 Å². The number of hydrazine groups is 1. The number of pyridine rings is 1. The monoisotopic (exact) mass is 284 g/mol. The van der Waals surface area contributed by atoms with E-state index in [0.29, 0.717) is 17.2 Å². The fourth-order valence-electron chi connectivity index (χ4n) is 2.01. The number of hydrogen-bond donors (Lipinski definition) is 3. The van der Waals surface area contributed by atoms with Crippen LogP contribution in [0.4, 0.5) is 5.82 Å². The van der Waals surface area contributed by atoms with Crippen molar-refractivity contribution in [3.63, 3.8) is 0 Å². The first-order valence-corrected chi connectivity index (χ1v) is 6.17. The molecule has 3 rings (SSSR count). The van der Waals surface area contributed by atoms with Gasteiger partial charge in [-0.25, -0.2) is 10.8 Å². The maximum Gasteiger partial charge on any atom is 0.253 e. The summed E-state index contributed by atoms with van der Waals surface area (Å²) >= 11 is 0. The summed E-state index contributed by atoms with van der Waals surface area (Å²) in [5.41, 5.74) is 2.97. The van der Waals surface area contributed by atoms with Crippen LogP contribution in [-0.2, 0) is 6.54 Å². The molecular weight excluding hydrogens is 272 g/mol. The number of anilines is 1. The first-order valence-electron chi connectivity index (χ1n) is 6.17. The molecule has 2 aromatic heterocycles. The van der Waals surface area contributed by atoms with Crippen LogP contribution in [0, 0.1) is 0 Å². The van der Waals surface area contributed by atoms with E-state index in [-0.39, 0.29) is 12.5 Å². The number of aromatic nitrogens is 3. The van der Waals surface area contributed by atoms with Gasteiger partial charge in [-0.15, -0.1) is 0 Å². The Bertz CT molecular complexity index is 771. The van der Waals surface area contributed by atoms with Crippen LogP contribution in [-0.4, -0.2) is 21.0 Å². The standard InChI is InChI=1S/C13H12N6O2/c14-18-12-9-4-2-1-3-8(9)10(5-15-12)13(20)16-6-11-17-7-21-19-11/h1-5,7H,6,14H2,(H,15,18)(H,16,20). The molecule has 4 N–H and O–H groups in total.